The van der Waals surface area contributed by atoms with Crippen molar-refractivity contribution >= 4 is 39.7 Å². The molecule has 1 unspecified atom stereocenters. The average Bonchev–Trinajstić information content (AvgIpc) is 3.85. The number of rotatable bonds is 5. The third-order valence-electron chi connectivity index (χ3n) is 10.5. The summed E-state index contributed by atoms with van der Waals surface area (Å²) in [6, 6.07) is 5.50. The second kappa shape index (κ2) is 13.4. The number of ketones is 1. The zero-order valence-electron chi connectivity index (χ0n) is 29.4. The average molecular weight is 768 g/mol. The van der Waals surface area contributed by atoms with E-state index < -0.39 is 53.5 Å². The number of amides is 1. The van der Waals surface area contributed by atoms with Gasteiger partial charge < -0.3 is 18.8 Å². The summed E-state index contributed by atoms with van der Waals surface area (Å²) in [4.78, 5) is 34.8. The van der Waals surface area contributed by atoms with Crippen LogP contribution in [0.2, 0.25) is 0 Å². The number of aromatic nitrogens is 6. The van der Waals surface area contributed by atoms with Crippen LogP contribution in [0.4, 0.5) is 46.9 Å². The van der Waals surface area contributed by atoms with Crippen LogP contribution in [0, 0.1) is 11.6 Å². The van der Waals surface area contributed by atoms with Gasteiger partial charge in [-0.2, -0.15) is 22.0 Å². The van der Waals surface area contributed by atoms with Crippen molar-refractivity contribution in [3.05, 3.63) is 95.6 Å². The topological polar surface area (TPSA) is 96.8 Å². The molecule has 0 bridgehead atoms. The van der Waals surface area contributed by atoms with Gasteiger partial charge in [-0.3, -0.25) is 9.69 Å². The lowest BCUT2D eigenvalue weighted by molar-refractivity contribution is -0.137. The fourth-order valence-corrected chi connectivity index (χ4v) is 7.98. The highest BCUT2D eigenvalue weighted by Crippen LogP contribution is 2.48. The molecule has 2 aromatic carbocycles. The fraction of sp³-hybridized carbons (Fsp3) is 0.324. The van der Waals surface area contributed by atoms with Crippen molar-refractivity contribution in [1.29, 1.82) is 0 Å². The summed E-state index contributed by atoms with van der Waals surface area (Å²) < 4.78 is 108. The highest BCUT2D eigenvalue weighted by atomic mass is 19.4. The minimum Gasteiger partial charge on any atom is -0.372 e. The Kier molecular flexibility index (Phi) is 8.80. The first kappa shape index (κ1) is 36.1. The fourth-order valence-electron chi connectivity index (χ4n) is 7.98. The third-order valence-corrected chi connectivity index (χ3v) is 10.5. The van der Waals surface area contributed by atoms with Crippen LogP contribution >= 0.6 is 0 Å². The van der Waals surface area contributed by atoms with Gasteiger partial charge >= 0.3 is 18.8 Å². The molecule has 1 atom stereocenters. The minimum absolute atomic E-state index is 0.000519. The van der Waals surface area contributed by atoms with Crippen LogP contribution in [0.25, 0.3) is 27.7 Å². The number of pyridine rings is 1. The van der Waals surface area contributed by atoms with Crippen molar-refractivity contribution in [2.45, 2.75) is 44.5 Å². The predicted molar refractivity (Wildman–Crippen MR) is 187 cm³/mol. The van der Waals surface area contributed by atoms with Crippen LogP contribution in [0.3, 0.4) is 0 Å². The Hall–Kier alpha value is -5.94. The first-order valence-electron chi connectivity index (χ1n) is 17.4. The highest BCUT2D eigenvalue weighted by Gasteiger charge is 2.39. The van der Waals surface area contributed by atoms with Gasteiger partial charge in [0.25, 0.3) is 0 Å². The van der Waals surface area contributed by atoms with Gasteiger partial charge in [-0.15, -0.1) is 10.2 Å². The molecule has 0 radical (unpaired) electrons. The van der Waals surface area contributed by atoms with E-state index in [4.69, 9.17) is 0 Å². The second-order valence-corrected chi connectivity index (χ2v) is 13.8. The Balaban J connectivity index is 1.14. The van der Waals surface area contributed by atoms with Crippen molar-refractivity contribution in [2.75, 3.05) is 36.5 Å². The number of hydrogen-bond acceptors (Lipinski definition) is 7. The van der Waals surface area contributed by atoms with Gasteiger partial charge in [0.1, 0.15) is 35.5 Å². The lowest BCUT2D eigenvalue weighted by atomic mass is 9.92. The van der Waals surface area contributed by atoms with Crippen molar-refractivity contribution in [3.63, 3.8) is 0 Å². The number of hydrogen-bond donors (Lipinski definition) is 0. The van der Waals surface area contributed by atoms with Crippen LogP contribution in [-0.2, 0) is 19.6 Å². The molecule has 18 heteroatoms. The molecule has 6 heterocycles. The van der Waals surface area contributed by atoms with Crippen molar-refractivity contribution in [2.24, 2.45) is 7.05 Å². The zero-order valence-corrected chi connectivity index (χ0v) is 29.4. The number of carbonyl (C=O) groups is 2. The van der Waals surface area contributed by atoms with E-state index in [1.807, 2.05) is 0 Å². The van der Waals surface area contributed by atoms with E-state index in [9.17, 15) is 31.5 Å². The lowest BCUT2D eigenvalue weighted by Gasteiger charge is -2.30. The normalized spacial score (nSPS) is 16.4. The summed E-state index contributed by atoms with van der Waals surface area (Å²) in [6.07, 6.45) is 0.906. The molecule has 2 aliphatic heterocycles. The van der Waals surface area contributed by atoms with Gasteiger partial charge in [0.15, 0.2) is 0 Å². The molecule has 11 nitrogen and oxygen atoms in total. The maximum Gasteiger partial charge on any atom is 0.417 e. The number of imidazole rings is 1. The molecule has 1 amide bonds. The van der Waals surface area contributed by atoms with Crippen LogP contribution < -0.4 is 9.80 Å². The summed E-state index contributed by atoms with van der Waals surface area (Å²) in [5, 5.41) is 6.97. The molecule has 4 aromatic heterocycles. The second-order valence-electron chi connectivity index (χ2n) is 13.8. The van der Waals surface area contributed by atoms with Gasteiger partial charge in [0.05, 0.1) is 34.3 Å². The third kappa shape index (κ3) is 6.03. The van der Waals surface area contributed by atoms with Gasteiger partial charge in [0.2, 0.25) is 5.78 Å². The van der Waals surface area contributed by atoms with Gasteiger partial charge in [0, 0.05) is 62.7 Å². The Morgan fingerprint density at radius 3 is 2.35 bits per heavy atom. The smallest absolute Gasteiger partial charge is 0.372 e. The SMILES string of the molecule is CN1CCc2cc(C(=O)c3cc(F)c(N4CCCC(N(C(=O)n5cnnc5)C(F)F)CC4)c(F)c3)n3cccc(c23)-c2c(C(F)(F)F)cc3c(ncn3C)c21. The van der Waals surface area contributed by atoms with Crippen LogP contribution in [-0.4, -0.2) is 84.7 Å². The van der Waals surface area contributed by atoms with E-state index in [0.29, 0.717) is 39.1 Å². The molecular weight excluding hydrogens is 735 g/mol. The molecule has 0 N–H and O–H groups in total. The highest BCUT2D eigenvalue weighted by molar-refractivity contribution is 6.11. The van der Waals surface area contributed by atoms with Crippen molar-refractivity contribution in [3.8, 4) is 11.1 Å². The van der Waals surface area contributed by atoms with E-state index in [0.717, 1.165) is 35.4 Å². The zero-order chi connectivity index (χ0) is 38.9. The number of carbonyl (C=O) groups excluding carboxylic acids is 2. The van der Waals surface area contributed by atoms with Crippen LogP contribution in [0.5, 0.6) is 0 Å². The van der Waals surface area contributed by atoms with Gasteiger partial charge in [-0.05, 0) is 61.6 Å². The quantitative estimate of drug-likeness (QED) is 0.104. The molecule has 2 aliphatic rings. The summed E-state index contributed by atoms with van der Waals surface area (Å²) in [5.41, 5.74) is 0.401. The first-order valence-corrected chi connectivity index (χ1v) is 17.4. The Bertz CT molecular complexity index is 2450. The first-order chi connectivity index (χ1) is 26.2. The summed E-state index contributed by atoms with van der Waals surface area (Å²) >= 11 is 0. The minimum atomic E-state index is -4.75. The molecule has 1 saturated heterocycles. The molecule has 0 aliphatic carbocycles. The standard InChI is InChI=1S/C37H32F7N9O2/c1-48-11-7-20-15-28(52-10-4-6-23(31(20)52)29-24(37(42,43)44)16-27-30(33(29)48)45-17-49(27)2)34(54)21-13-25(38)32(26(39)14-21)50-9-3-5-22(8-12-50)53(35(40)41)36(55)51-18-46-47-19-51/h4,6,10,13-19,22,35H,3,5,7-9,11-12H2,1-2H3. The number of likely N-dealkylation sites (N-methyl/N-ethyl adjacent to an activating group) is 1. The van der Waals surface area contributed by atoms with Crippen LogP contribution in [0.1, 0.15) is 46.4 Å². The van der Waals surface area contributed by atoms with Crippen molar-refractivity contribution in [1.82, 2.24) is 33.6 Å². The number of anilines is 2. The van der Waals surface area contributed by atoms with Crippen LogP contribution in [0.15, 0.2) is 61.6 Å². The molecule has 55 heavy (non-hydrogen) atoms. The number of alkyl halides is 5. The summed E-state index contributed by atoms with van der Waals surface area (Å²) in [6.45, 7) is -2.85. The maximum atomic E-state index is 15.9. The lowest BCUT2D eigenvalue weighted by Crippen LogP contribution is -2.46. The molecule has 286 valence electrons. The van der Waals surface area contributed by atoms with E-state index in [1.165, 1.54) is 32.5 Å². The number of aryl methyl sites for hydroxylation is 1. The maximum absolute atomic E-state index is 15.9. The Morgan fingerprint density at radius 2 is 1.65 bits per heavy atom. The largest absolute Gasteiger partial charge is 0.417 e. The summed E-state index contributed by atoms with van der Waals surface area (Å²) in [7, 11) is 3.30. The molecule has 1 fully saturated rings. The Morgan fingerprint density at radius 1 is 0.927 bits per heavy atom. The van der Waals surface area contributed by atoms with Crippen molar-refractivity contribution < 1.29 is 40.3 Å². The number of nitrogens with zero attached hydrogens (tertiary/aromatic N) is 9. The molecule has 0 spiro atoms. The van der Waals surface area contributed by atoms with E-state index in [1.54, 1.807) is 31.1 Å². The summed E-state index contributed by atoms with van der Waals surface area (Å²) in [5.74, 6) is -2.88. The monoisotopic (exact) mass is 767 g/mol. The van der Waals surface area contributed by atoms with E-state index in [2.05, 4.69) is 15.2 Å². The number of halogens is 7. The van der Waals surface area contributed by atoms with E-state index >= 15 is 8.78 Å². The number of benzene rings is 2. The van der Waals surface area contributed by atoms with Gasteiger partial charge in [-0.1, -0.05) is 6.07 Å². The molecule has 6 aromatic rings. The molecule has 0 saturated carbocycles. The Labute approximate surface area is 308 Å². The molecular formula is C37H32F7N9O2. The molecule has 8 rings (SSSR count). The van der Waals surface area contributed by atoms with Gasteiger partial charge in [-0.25, -0.2) is 23.1 Å². The number of fused-ring (bicyclic) bond motifs is 4. The predicted octanol–water partition coefficient (Wildman–Crippen LogP) is 7.16. The van der Waals surface area contributed by atoms with E-state index in [-0.39, 0.29) is 61.3 Å².